The largest absolute Gasteiger partial charge is 0.474 e. The lowest BCUT2D eigenvalue weighted by molar-refractivity contribution is -0.162. The lowest BCUT2D eigenvalue weighted by Crippen LogP contribution is -2.45. The zero-order valence-electron chi connectivity index (χ0n) is 18.2. The molecular formula is C27H27NO3. The second-order valence-corrected chi connectivity index (χ2v) is 8.81. The van der Waals surface area contributed by atoms with Gasteiger partial charge in [-0.3, -0.25) is 0 Å². The third-order valence-corrected chi connectivity index (χ3v) is 5.12. The van der Waals surface area contributed by atoms with Gasteiger partial charge in [0.05, 0.1) is 0 Å². The fraction of sp³-hybridized carbons (Fsp3) is 0.259. The maximum Gasteiger partial charge on any atom is 0.338 e. The molecule has 0 N–H and O–H groups in total. The molecule has 4 rings (SSSR count). The molecule has 3 aromatic carbocycles. The van der Waals surface area contributed by atoms with Crippen molar-refractivity contribution < 1.29 is 14.3 Å². The Hall–Kier alpha value is -3.40. The van der Waals surface area contributed by atoms with E-state index in [1.807, 2.05) is 93.6 Å². The van der Waals surface area contributed by atoms with Crippen LogP contribution in [-0.2, 0) is 20.7 Å². The smallest absolute Gasteiger partial charge is 0.338 e. The summed E-state index contributed by atoms with van der Waals surface area (Å²) in [6.07, 6.45) is 0.416. The Morgan fingerprint density at radius 1 is 0.903 bits per heavy atom. The molecule has 31 heavy (non-hydrogen) atoms. The van der Waals surface area contributed by atoms with Gasteiger partial charge in [-0.1, -0.05) is 78.9 Å². The maximum atomic E-state index is 13.3. The van der Waals surface area contributed by atoms with Gasteiger partial charge in [-0.15, -0.1) is 0 Å². The number of hydrogen-bond donors (Lipinski definition) is 0. The fourth-order valence-corrected chi connectivity index (χ4v) is 3.70. The third kappa shape index (κ3) is 4.69. The molecule has 0 amide bonds. The topological polar surface area (TPSA) is 47.9 Å². The normalized spacial score (nSPS) is 18.2. The van der Waals surface area contributed by atoms with E-state index in [4.69, 9.17) is 14.5 Å². The number of aliphatic imine (C=N–C) groups is 1. The van der Waals surface area contributed by atoms with Gasteiger partial charge in [0, 0.05) is 12.0 Å². The van der Waals surface area contributed by atoms with E-state index in [9.17, 15) is 4.79 Å². The van der Waals surface area contributed by atoms with E-state index in [1.54, 1.807) is 0 Å². The Balaban J connectivity index is 1.76. The summed E-state index contributed by atoms with van der Waals surface area (Å²) in [5, 5.41) is 0. The van der Waals surface area contributed by atoms with Crippen molar-refractivity contribution in [2.75, 3.05) is 6.61 Å². The Labute approximate surface area is 183 Å². The number of esters is 1. The van der Waals surface area contributed by atoms with Crippen LogP contribution in [0.15, 0.2) is 89.9 Å². The van der Waals surface area contributed by atoms with Gasteiger partial charge in [-0.25, -0.2) is 9.79 Å². The number of ether oxygens (including phenoxy) is 2. The van der Waals surface area contributed by atoms with Crippen molar-refractivity contribution >= 4 is 11.9 Å². The summed E-state index contributed by atoms with van der Waals surface area (Å²) in [5.41, 5.74) is 2.24. The first kappa shape index (κ1) is 20.9. The molecule has 0 unspecified atom stereocenters. The van der Waals surface area contributed by atoms with E-state index in [0.29, 0.717) is 12.3 Å². The summed E-state index contributed by atoms with van der Waals surface area (Å²) >= 11 is 0. The van der Waals surface area contributed by atoms with Crippen LogP contribution in [0.5, 0.6) is 0 Å². The van der Waals surface area contributed by atoms with Gasteiger partial charge < -0.3 is 9.47 Å². The lowest BCUT2D eigenvalue weighted by Gasteiger charge is -2.28. The Morgan fingerprint density at radius 3 is 2.13 bits per heavy atom. The van der Waals surface area contributed by atoms with Crippen molar-refractivity contribution in [3.63, 3.8) is 0 Å². The van der Waals surface area contributed by atoms with Crippen LogP contribution in [0.2, 0.25) is 0 Å². The van der Waals surface area contributed by atoms with Gasteiger partial charge in [0.15, 0.2) is 5.54 Å². The average molecular weight is 414 g/mol. The van der Waals surface area contributed by atoms with Crippen molar-refractivity contribution in [1.82, 2.24) is 0 Å². The summed E-state index contributed by atoms with van der Waals surface area (Å²) < 4.78 is 11.8. The first-order chi connectivity index (χ1) is 14.9. The second kappa shape index (κ2) is 8.38. The van der Waals surface area contributed by atoms with Crippen LogP contribution in [0.4, 0.5) is 0 Å². The predicted molar refractivity (Wildman–Crippen MR) is 123 cm³/mol. The highest BCUT2D eigenvalue weighted by atomic mass is 16.6. The minimum atomic E-state index is -1.12. The molecule has 0 aliphatic carbocycles. The zero-order chi connectivity index (χ0) is 21.9. The Bertz CT molecular complexity index is 1080. The molecule has 4 heteroatoms. The molecule has 1 heterocycles. The van der Waals surface area contributed by atoms with Crippen molar-refractivity contribution in [1.29, 1.82) is 0 Å². The standard InChI is InChI=1S/C27H27NO3/c1-26(2,3)31-25(29)27(18-20-12-6-4-7-13-20)19-30-24(28-27)23-17-11-10-16-22(23)21-14-8-5-9-15-21/h4-17H,18-19H2,1-3H3/t27-/m1/s1. The van der Waals surface area contributed by atoms with Gasteiger partial charge in [-0.2, -0.15) is 0 Å². The molecule has 0 radical (unpaired) electrons. The number of benzene rings is 3. The first-order valence-electron chi connectivity index (χ1n) is 10.5. The van der Waals surface area contributed by atoms with Crippen LogP contribution in [0.25, 0.3) is 11.1 Å². The highest BCUT2D eigenvalue weighted by Crippen LogP contribution is 2.32. The molecule has 1 aliphatic heterocycles. The summed E-state index contributed by atoms with van der Waals surface area (Å²) in [7, 11) is 0. The van der Waals surface area contributed by atoms with Crippen LogP contribution in [0, 0.1) is 0 Å². The van der Waals surface area contributed by atoms with Crippen LogP contribution < -0.4 is 0 Å². The molecule has 1 atom stereocenters. The van der Waals surface area contributed by atoms with Crippen molar-refractivity contribution in [3.8, 4) is 11.1 Å². The molecule has 0 saturated carbocycles. The second-order valence-electron chi connectivity index (χ2n) is 8.81. The number of carbonyl (C=O) groups excluding carboxylic acids is 1. The highest BCUT2D eigenvalue weighted by molar-refractivity contribution is 6.04. The minimum absolute atomic E-state index is 0.148. The molecule has 0 saturated heterocycles. The zero-order valence-corrected chi connectivity index (χ0v) is 18.2. The van der Waals surface area contributed by atoms with Gasteiger partial charge in [0.25, 0.3) is 0 Å². The quantitative estimate of drug-likeness (QED) is 0.522. The summed E-state index contributed by atoms with van der Waals surface area (Å²) in [6.45, 7) is 5.75. The molecule has 0 aromatic heterocycles. The number of hydrogen-bond acceptors (Lipinski definition) is 4. The van der Waals surface area contributed by atoms with E-state index in [0.717, 1.165) is 22.3 Å². The van der Waals surface area contributed by atoms with Gasteiger partial charge in [0.2, 0.25) is 5.90 Å². The summed E-state index contributed by atoms with van der Waals surface area (Å²) in [5.74, 6) is 0.109. The Morgan fingerprint density at radius 2 is 1.48 bits per heavy atom. The summed E-state index contributed by atoms with van der Waals surface area (Å²) in [6, 6.07) is 28.0. The monoisotopic (exact) mass is 413 g/mol. The van der Waals surface area contributed by atoms with Gasteiger partial charge in [0.1, 0.15) is 12.2 Å². The first-order valence-corrected chi connectivity index (χ1v) is 10.5. The van der Waals surface area contributed by atoms with Crippen LogP contribution >= 0.6 is 0 Å². The molecule has 3 aromatic rings. The maximum absolute atomic E-state index is 13.3. The van der Waals surface area contributed by atoms with Crippen LogP contribution in [0.1, 0.15) is 31.9 Å². The fourth-order valence-electron chi connectivity index (χ4n) is 3.70. The average Bonchev–Trinajstić information content (AvgIpc) is 3.19. The van der Waals surface area contributed by atoms with Crippen LogP contribution in [-0.4, -0.2) is 29.6 Å². The van der Waals surface area contributed by atoms with E-state index in [-0.39, 0.29) is 12.6 Å². The van der Waals surface area contributed by atoms with Crippen molar-refractivity contribution in [2.45, 2.75) is 38.3 Å². The molecular weight excluding hydrogens is 386 g/mol. The number of carbonyl (C=O) groups is 1. The van der Waals surface area contributed by atoms with Gasteiger partial charge in [-0.05, 0) is 43.5 Å². The molecule has 0 bridgehead atoms. The molecule has 158 valence electrons. The van der Waals surface area contributed by atoms with Crippen molar-refractivity contribution in [3.05, 3.63) is 96.1 Å². The van der Waals surface area contributed by atoms with E-state index in [1.165, 1.54) is 0 Å². The predicted octanol–water partition coefficient (Wildman–Crippen LogP) is 5.45. The molecule has 4 nitrogen and oxygen atoms in total. The number of rotatable bonds is 5. The highest BCUT2D eigenvalue weighted by Gasteiger charge is 2.47. The van der Waals surface area contributed by atoms with Gasteiger partial charge >= 0.3 is 5.97 Å². The van der Waals surface area contributed by atoms with E-state index in [2.05, 4.69) is 12.1 Å². The Kier molecular flexibility index (Phi) is 5.64. The number of nitrogens with zero attached hydrogens (tertiary/aromatic N) is 1. The minimum Gasteiger partial charge on any atom is -0.474 e. The molecule has 1 aliphatic rings. The SMILES string of the molecule is CC(C)(C)OC(=O)[C@@]1(Cc2ccccc2)COC(c2ccccc2-c2ccccc2)=N1. The van der Waals surface area contributed by atoms with E-state index < -0.39 is 11.1 Å². The molecule has 0 fully saturated rings. The van der Waals surface area contributed by atoms with E-state index >= 15 is 0 Å². The molecule has 0 spiro atoms. The third-order valence-electron chi connectivity index (χ3n) is 5.12. The summed E-state index contributed by atoms with van der Waals surface area (Å²) in [4.78, 5) is 18.2. The van der Waals surface area contributed by atoms with Crippen molar-refractivity contribution in [2.24, 2.45) is 4.99 Å². The van der Waals surface area contributed by atoms with Crippen LogP contribution in [0.3, 0.4) is 0 Å². The lowest BCUT2D eigenvalue weighted by atomic mass is 9.92.